The summed E-state index contributed by atoms with van der Waals surface area (Å²) < 4.78 is 27.9. The predicted molar refractivity (Wildman–Crippen MR) is 98.0 cm³/mol. The highest BCUT2D eigenvalue weighted by molar-refractivity contribution is 7.89. The Labute approximate surface area is 150 Å². The Bertz CT molecular complexity index is 727. The molecule has 138 valence electrons. The first-order valence-electron chi connectivity index (χ1n) is 9.09. The van der Waals surface area contributed by atoms with E-state index < -0.39 is 10.0 Å². The predicted octanol–water partition coefficient (Wildman–Crippen LogP) is 1.97. The third kappa shape index (κ3) is 4.80. The average Bonchev–Trinajstić information content (AvgIpc) is 2.60. The monoisotopic (exact) mass is 365 g/mol. The van der Waals surface area contributed by atoms with Gasteiger partial charge in [0, 0.05) is 25.2 Å². The van der Waals surface area contributed by atoms with E-state index in [1.165, 1.54) is 19.3 Å². The molecular formula is C18H27N3O3S. The van der Waals surface area contributed by atoms with Crippen LogP contribution in [0.4, 0.5) is 5.69 Å². The number of aryl methyl sites for hydroxylation is 1. The smallest absolute Gasteiger partial charge is 0.240 e. The molecule has 1 atom stereocenters. The molecule has 0 bridgehead atoms. The molecule has 0 aromatic heterocycles. The van der Waals surface area contributed by atoms with Crippen LogP contribution in [0.2, 0.25) is 0 Å². The lowest BCUT2D eigenvalue weighted by atomic mass is 10.0. The molecule has 1 aromatic rings. The van der Waals surface area contributed by atoms with E-state index in [9.17, 15) is 13.2 Å². The van der Waals surface area contributed by atoms with Crippen molar-refractivity contribution in [2.24, 2.45) is 5.92 Å². The van der Waals surface area contributed by atoms with Crippen molar-refractivity contribution in [2.75, 3.05) is 31.5 Å². The first kappa shape index (κ1) is 18.4. The number of likely N-dealkylation sites (tertiary alicyclic amines) is 1. The molecule has 1 fully saturated rings. The van der Waals surface area contributed by atoms with Crippen molar-refractivity contribution >= 4 is 21.6 Å². The van der Waals surface area contributed by atoms with Crippen molar-refractivity contribution in [3.63, 3.8) is 0 Å². The van der Waals surface area contributed by atoms with Gasteiger partial charge in [0.05, 0.1) is 4.90 Å². The number of rotatable bonds is 6. The van der Waals surface area contributed by atoms with Crippen molar-refractivity contribution in [1.82, 2.24) is 9.62 Å². The maximum Gasteiger partial charge on any atom is 0.240 e. The Balaban J connectivity index is 1.59. The Morgan fingerprint density at radius 2 is 1.96 bits per heavy atom. The normalized spacial score (nSPS) is 20.0. The van der Waals surface area contributed by atoms with Crippen LogP contribution in [0.3, 0.4) is 0 Å². The second kappa shape index (κ2) is 7.85. The van der Waals surface area contributed by atoms with E-state index >= 15 is 0 Å². The van der Waals surface area contributed by atoms with Crippen LogP contribution in [0.1, 0.15) is 38.2 Å². The van der Waals surface area contributed by atoms with E-state index in [-0.39, 0.29) is 16.7 Å². The van der Waals surface area contributed by atoms with Gasteiger partial charge in [0.25, 0.3) is 0 Å². The molecule has 6 nitrogen and oxygen atoms in total. The minimum absolute atomic E-state index is 0.0206. The van der Waals surface area contributed by atoms with Gasteiger partial charge in [-0.3, -0.25) is 4.79 Å². The summed E-state index contributed by atoms with van der Waals surface area (Å²) in [4.78, 5) is 14.1. The molecule has 2 heterocycles. The second-order valence-corrected chi connectivity index (χ2v) is 8.95. The highest BCUT2D eigenvalue weighted by Gasteiger charge is 2.21. The van der Waals surface area contributed by atoms with Gasteiger partial charge in [-0.15, -0.1) is 0 Å². The minimum atomic E-state index is -3.52. The number of nitrogens with zero attached hydrogens (tertiary/aromatic N) is 1. The number of fused-ring (bicyclic) bond motifs is 1. The molecule has 2 aliphatic heterocycles. The SMILES string of the molecule is CC(CNS(=O)(=O)c1ccc2c(c1)CCC(=O)N2)CN1CCCCC1. The summed E-state index contributed by atoms with van der Waals surface area (Å²) in [6.45, 7) is 5.69. The topological polar surface area (TPSA) is 78.5 Å². The van der Waals surface area contributed by atoms with Crippen LogP contribution < -0.4 is 10.0 Å². The molecule has 25 heavy (non-hydrogen) atoms. The fourth-order valence-corrected chi connectivity index (χ4v) is 4.72. The third-order valence-electron chi connectivity index (χ3n) is 4.92. The fourth-order valence-electron chi connectivity index (χ4n) is 3.51. The minimum Gasteiger partial charge on any atom is -0.326 e. The highest BCUT2D eigenvalue weighted by atomic mass is 32.2. The van der Waals surface area contributed by atoms with E-state index in [0.717, 1.165) is 25.2 Å². The summed E-state index contributed by atoms with van der Waals surface area (Å²) in [7, 11) is -3.52. The second-order valence-electron chi connectivity index (χ2n) is 7.19. The maximum absolute atomic E-state index is 12.6. The molecule has 0 aliphatic carbocycles. The average molecular weight is 365 g/mol. The number of hydrogen-bond donors (Lipinski definition) is 2. The molecule has 7 heteroatoms. The van der Waals surface area contributed by atoms with Crippen LogP contribution >= 0.6 is 0 Å². The fraction of sp³-hybridized carbons (Fsp3) is 0.611. The summed E-state index contributed by atoms with van der Waals surface area (Å²) in [6.07, 6.45) is 4.76. The lowest BCUT2D eigenvalue weighted by Crippen LogP contribution is -2.38. The van der Waals surface area contributed by atoms with Crippen molar-refractivity contribution in [2.45, 2.75) is 43.9 Å². The van der Waals surface area contributed by atoms with Gasteiger partial charge in [-0.25, -0.2) is 13.1 Å². The van der Waals surface area contributed by atoms with Gasteiger partial charge in [-0.1, -0.05) is 13.3 Å². The van der Waals surface area contributed by atoms with E-state index in [1.54, 1.807) is 18.2 Å². The zero-order chi connectivity index (χ0) is 17.9. The van der Waals surface area contributed by atoms with Gasteiger partial charge in [-0.05, 0) is 62.0 Å². The lowest BCUT2D eigenvalue weighted by Gasteiger charge is -2.29. The number of nitrogens with one attached hydrogen (secondary N) is 2. The summed E-state index contributed by atoms with van der Waals surface area (Å²) in [6, 6.07) is 4.91. The highest BCUT2D eigenvalue weighted by Crippen LogP contribution is 2.25. The number of sulfonamides is 1. The number of benzene rings is 1. The molecule has 1 amide bonds. The molecular weight excluding hydrogens is 338 g/mol. The number of piperidine rings is 1. The largest absolute Gasteiger partial charge is 0.326 e. The van der Waals surface area contributed by atoms with Crippen LogP contribution in [0.15, 0.2) is 23.1 Å². The standard InChI is InChI=1S/C18H27N3O3S/c1-14(13-21-9-3-2-4-10-21)12-19-25(23,24)16-6-7-17-15(11-16)5-8-18(22)20-17/h6-7,11,14,19H,2-5,8-10,12-13H2,1H3,(H,20,22). The van der Waals surface area contributed by atoms with Gasteiger partial charge in [-0.2, -0.15) is 0 Å². The number of carbonyl (C=O) groups excluding carboxylic acids is 1. The Morgan fingerprint density at radius 1 is 1.20 bits per heavy atom. The summed E-state index contributed by atoms with van der Waals surface area (Å²) >= 11 is 0. The first-order valence-corrected chi connectivity index (χ1v) is 10.6. The number of amides is 1. The van der Waals surface area contributed by atoms with Crippen LogP contribution in [0, 0.1) is 5.92 Å². The van der Waals surface area contributed by atoms with E-state index in [4.69, 9.17) is 0 Å². The van der Waals surface area contributed by atoms with Gasteiger partial charge < -0.3 is 10.2 Å². The van der Waals surface area contributed by atoms with Crippen molar-refractivity contribution in [3.8, 4) is 0 Å². The molecule has 0 radical (unpaired) electrons. The first-order chi connectivity index (χ1) is 11.9. The lowest BCUT2D eigenvalue weighted by molar-refractivity contribution is -0.116. The molecule has 1 saturated heterocycles. The molecule has 0 saturated carbocycles. The van der Waals surface area contributed by atoms with Gasteiger partial charge >= 0.3 is 0 Å². The Kier molecular flexibility index (Phi) is 5.76. The van der Waals surface area contributed by atoms with E-state index in [0.29, 0.717) is 25.1 Å². The van der Waals surface area contributed by atoms with Gasteiger partial charge in [0.15, 0.2) is 0 Å². The summed E-state index contributed by atoms with van der Waals surface area (Å²) in [5.74, 6) is 0.248. The van der Waals surface area contributed by atoms with Crippen molar-refractivity contribution in [1.29, 1.82) is 0 Å². The summed E-state index contributed by atoms with van der Waals surface area (Å²) in [5.41, 5.74) is 1.59. The molecule has 0 spiro atoms. The number of anilines is 1. The number of hydrogen-bond acceptors (Lipinski definition) is 4. The van der Waals surface area contributed by atoms with Crippen LogP contribution in [-0.4, -0.2) is 45.4 Å². The van der Waals surface area contributed by atoms with Crippen LogP contribution in [0.5, 0.6) is 0 Å². The zero-order valence-electron chi connectivity index (χ0n) is 14.8. The zero-order valence-corrected chi connectivity index (χ0v) is 15.6. The summed E-state index contributed by atoms with van der Waals surface area (Å²) in [5, 5.41) is 2.77. The van der Waals surface area contributed by atoms with Crippen LogP contribution in [-0.2, 0) is 21.2 Å². The molecule has 1 unspecified atom stereocenters. The molecule has 2 aliphatic rings. The van der Waals surface area contributed by atoms with Gasteiger partial charge in [0.2, 0.25) is 15.9 Å². The van der Waals surface area contributed by atoms with E-state index in [2.05, 4.69) is 21.9 Å². The van der Waals surface area contributed by atoms with Crippen molar-refractivity contribution < 1.29 is 13.2 Å². The van der Waals surface area contributed by atoms with Gasteiger partial charge in [0.1, 0.15) is 0 Å². The number of carbonyl (C=O) groups is 1. The van der Waals surface area contributed by atoms with Crippen LogP contribution in [0.25, 0.3) is 0 Å². The third-order valence-corrected chi connectivity index (χ3v) is 6.34. The molecule has 1 aromatic carbocycles. The van der Waals surface area contributed by atoms with E-state index in [1.807, 2.05) is 0 Å². The Morgan fingerprint density at radius 3 is 2.72 bits per heavy atom. The quantitative estimate of drug-likeness (QED) is 0.808. The molecule has 3 rings (SSSR count). The Hall–Kier alpha value is -1.44. The maximum atomic E-state index is 12.6. The molecule has 2 N–H and O–H groups in total. The van der Waals surface area contributed by atoms with Crippen molar-refractivity contribution in [3.05, 3.63) is 23.8 Å².